The summed E-state index contributed by atoms with van der Waals surface area (Å²) >= 11 is 0. The molecule has 0 spiro atoms. The zero-order valence-corrected chi connectivity index (χ0v) is 12.5. The summed E-state index contributed by atoms with van der Waals surface area (Å²) in [7, 11) is 0. The molecule has 2 amide bonds. The lowest BCUT2D eigenvalue weighted by molar-refractivity contribution is -0.139. The van der Waals surface area contributed by atoms with Crippen molar-refractivity contribution in [2.24, 2.45) is 0 Å². The van der Waals surface area contributed by atoms with E-state index >= 15 is 0 Å². The Labute approximate surface area is 123 Å². The quantitative estimate of drug-likeness (QED) is 0.771. The number of carbonyl (C=O) groups is 2. The van der Waals surface area contributed by atoms with Crippen LogP contribution in [0.2, 0.25) is 0 Å². The molecule has 1 aliphatic carbocycles. The van der Waals surface area contributed by atoms with E-state index in [9.17, 15) is 9.59 Å². The summed E-state index contributed by atoms with van der Waals surface area (Å²) in [6.45, 7) is 5.46. The molecule has 0 aliphatic heterocycles. The van der Waals surface area contributed by atoms with Gasteiger partial charge in [0.15, 0.2) is 0 Å². The molecule has 0 bridgehead atoms. The van der Waals surface area contributed by atoms with Gasteiger partial charge < -0.3 is 20.3 Å². The topological polar surface area (TPSA) is 104 Å². The van der Waals surface area contributed by atoms with Crippen molar-refractivity contribution >= 4 is 12.0 Å². The third-order valence-corrected chi connectivity index (χ3v) is 4.05. The molecule has 0 aromatic carbocycles. The van der Waals surface area contributed by atoms with Gasteiger partial charge in [-0.1, -0.05) is 5.16 Å². The number of carboxylic acids is 1. The number of carboxylic acid groups (broad SMARTS) is 1. The minimum absolute atomic E-state index is 0.0415. The van der Waals surface area contributed by atoms with E-state index in [1.54, 1.807) is 6.92 Å². The lowest BCUT2D eigenvalue weighted by Gasteiger charge is -2.41. The minimum Gasteiger partial charge on any atom is -0.481 e. The van der Waals surface area contributed by atoms with Gasteiger partial charge in [-0.2, -0.15) is 0 Å². The molecular formula is C14H21N3O4. The number of aryl methyl sites for hydroxylation is 2. The van der Waals surface area contributed by atoms with Gasteiger partial charge in [-0.3, -0.25) is 4.79 Å². The SMILES string of the molecule is Cc1noc(C)c1C(C)NC(=O)NC1(CC(=O)O)CCC1. The Hall–Kier alpha value is -2.05. The van der Waals surface area contributed by atoms with E-state index in [2.05, 4.69) is 15.8 Å². The fourth-order valence-electron chi connectivity index (χ4n) is 2.89. The Morgan fingerprint density at radius 3 is 2.52 bits per heavy atom. The number of rotatable bonds is 5. The Balaban J connectivity index is 1.97. The largest absolute Gasteiger partial charge is 0.481 e. The van der Waals surface area contributed by atoms with Crippen LogP contribution in [0.5, 0.6) is 0 Å². The number of urea groups is 1. The van der Waals surface area contributed by atoms with Gasteiger partial charge in [-0.05, 0) is 40.0 Å². The number of hydrogen-bond acceptors (Lipinski definition) is 4. The zero-order chi connectivity index (χ0) is 15.6. The summed E-state index contributed by atoms with van der Waals surface area (Å²) in [5, 5.41) is 18.4. The molecule has 21 heavy (non-hydrogen) atoms. The first-order valence-electron chi connectivity index (χ1n) is 7.06. The highest BCUT2D eigenvalue weighted by Crippen LogP contribution is 2.35. The van der Waals surface area contributed by atoms with Crippen molar-refractivity contribution in [3.8, 4) is 0 Å². The van der Waals surface area contributed by atoms with Crippen LogP contribution in [0.4, 0.5) is 4.79 Å². The lowest BCUT2D eigenvalue weighted by Crippen LogP contribution is -2.57. The van der Waals surface area contributed by atoms with Crippen molar-refractivity contribution in [2.45, 2.75) is 58.0 Å². The molecule has 2 rings (SSSR count). The van der Waals surface area contributed by atoms with E-state index in [1.165, 1.54) is 0 Å². The van der Waals surface area contributed by atoms with Gasteiger partial charge in [0.05, 0.1) is 23.7 Å². The maximum atomic E-state index is 12.1. The molecule has 0 radical (unpaired) electrons. The van der Waals surface area contributed by atoms with Gasteiger partial charge in [-0.25, -0.2) is 4.79 Å². The van der Waals surface area contributed by atoms with Gasteiger partial charge in [0.2, 0.25) is 0 Å². The molecule has 1 unspecified atom stereocenters. The normalized spacial score (nSPS) is 17.7. The molecule has 0 saturated heterocycles. The van der Waals surface area contributed by atoms with Crippen molar-refractivity contribution in [3.05, 3.63) is 17.0 Å². The summed E-state index contributed by atoms with van der Waals surface area (Å²) in [6, 6.07) is -0.610. The van der Waals surface area contributed by atoms with Crippen LogP contribution in [0.15, 0.2) is 4.52 Å². The number of nitrogens with one attached hydrogen (secondary N) is 2. The Kier molecular flexibility index (Phi) is 4.20. The van der Waals surface area contributed by atoms with E-state index in [1.807, 2.05) is 13.8 Å². The Morgan fingerprint density at radius 1 is 1.43 bits per heavy atom. The van der Waals surface area contributed by atoms with Crippen molar-refractivity contribution in [1.29, 1.82) is 0 Å². The second-order valence-corrected chi connectivity index (χ2v) is 5.76. The number of aromatic nitrogens is 1. The molecule has 1 aliphatic rings. The monoisotopic (exact) mass is 295 g/mol. The maximum Gasteiger partial charge on any atom is 0.315 e. The van der Waals surface area contributed by atoms with E-state index in [0.29, 0.717) is 18.6 Å². The van der Waals surface area contributed by atoms with Crippen LogP contribution < -0.4 is 10.6 Å². The maximum absolute atomic E-state index is 12.1. The molecule has 3 N–H and O–H groups in total. The van der Waals surface area contributed by atoms with E-state index in [-0.39, 0.29) is 18.5 Å². The minimum atomic E-state index is -0.895. The molecule has 1 fully saturated rings. The molecule has 7 heteroatoms. The van der Waals surface area contributed by atoms with Gasteiger partial charge in [0, 0.05) is 5.56 Å². The first-order valence-corrected chi connectivity index (χ1v) is 7.06. The fraction of sp³-hybridized carbons (Fsp3) is 0.643. The second kappa shape index (κ2) is 5.75. The molecule has 1 aromatic heterocycles. The van der Waals surface area contributed by atoms with Crippen molar-refractivity contribution < 1.29 is 19.2 Å². The van der Waals surface area contributed by atoms with Gasteiger partial charge in [0.1, 0.15) is 5.76 Å². The number of aliphatic carboxylic acids is 1. The van der Waals surface area contributed by atoms with Crippen LogP contribution >= 0.6 is 0 Å². The molecule has 1 heterocycles. The number of nitrogens with zero attached hydrogens (tertiary/aromatic N) is 1. The van der Waals surface area contributed by atoms with E-state index < -0.39 is 11.5 Å². The molecule has 1 aromatic rings. The summed E-state index contributed by atoms with van der Waals surface area (Å²) < 4.78 is 5.08. The number of amides is 2. The Morgan fingerprint density at radius 2 is 2.10 bits per heavy atom. The van der Waals surface area contributed by atoms with Crippen LogP contribution in [0.3, 0.4) is 0 Å². The van der Waals surface area contributed by atoms with Crippen LogP contribution in [0, 0.1) is 13.8 Å². The third-order valence-electron chi connectivity index (χ3n) is 4.05. The smallest absolute Gasteiger partial charge is 0.315 e. The molecule has 1 saturated carbocycles. The van der Waals surface area contributed by atoms with Crippen molar-refractivity contribution in [1.82, 2.24) is 15.8 Å². The van der Waals surface area contributed by atoms with Crippen LogP contribution in [0.25, 0.3) is 0 Å². The molecule has 116 valence electrons. The molecule has 1 atom stereocenters. The first kappa shape index (κ1) is 15.3. The predicted octanol–water partition coefficient (Wildman–Crippen LogP) is 2.05. The lowest BCUT2D eigenvalue weighted by atomic mass is 9.74. The second-order valence-electron chi connectivity index (χ2n) is 5.76. The number of hydrogen-bond donors (Lipinski definition) is 3. The third kappa shape index (κ3) is 3.34. The zero-order valence-electron chi connectivity index (χ0n) is 12.5. The highest BCUT2D eigenvalue weighted by Gasteiger charge is 2.40. The highest BCUT2D eigenvalue weighted by molar-refractivity contribution is 5.77. The molecular weight excluding hydrogens is 274 g/mol. The van der Waals surface area contributed by atoms with Crippen LogP contribution in [-0.4, -0.2) is 27.8 Å². The van der Waals surface area contributed by atoms with Crippen LogP contribution in [-0.2, 0) is 4.79 Å². The average Bonchev–Trinajstić information content (AvgIpc) is 2.65. The summed E-state index contributed by atoms with van der Waals surface area (Å²) in [5.41, 5.74) is 0.990. The standard InChI is InChI=1S/C14H21N3O4/c1-8(12-9(2)17-21-10(12)3)15-13(20)16-14(5-4-6-14)7-11(18)19/h8H,4-7H2,1-3H3,(H,18,19)(H2,15,16,20). The van der Waals surface area contributed by atoms with Crippen molar-refractivity contribution in [3.63, 3.8) is 0 Å². The van der Waals surface area contributed by atoms with Gasteiger partial charge in [0.25, 0.3) is 0 Å². The summed E-state index contributed by atoms with van der Waals surface area (Å²) in [4.78, 5) is 23.0. The fourth-order valence-corrected chi connectivity index (χ4v) is 2.89. The highest BCUT2D eigenvalue weighted by atomic mass is 16.5. The van der Waals surface area contributed by atoms with Crippen molar-refractivity contribution in [2.75, 3.05) is 0 Å². The first-order chi connectivity index (χ1) is 9.83. The Bertz CT molecular complexity index is 529. The van der Waals surface area contributed by atoms with Crippen LogP contribution in [0.1, 0.15) is 55.7 Å². The van der Waals surface area contributed by atoms with E-state index in [0.717, 1.165) is 17.7 Å². The predicted molar refractivity (Wildman–Crippen MR) is 74.9 cm³/mol. The molecule has 7 nitrogen and oxygen atoms in total. The van der Waals surface area contributed by atoms with Gasteiger partial charge in [-0.15, -0.1) is 0 Å². The average molecular weight is 295 g/mol. The van der Waals surface area contributed by atoms with Gasteiger partial charge >= 0.3 is 12.0 Å². The number of carbonyl (C=O) groups excluding carboxylic acids is 1. The summed E-state index contributed by atoms with van der Waals surface area (Å²) in [5.74, 6) is -0.224. The summed E-state index contributed by atoms with van der Waals surface area (Å²) in [6.07, 6.45) is 2.30. The van der Waals surface area contributed by atoms with E-state index in [4.69, 9.17) is 9.63 Å².